The number of nitrogens with two attached hydrogens (primary N) is 1. The molecule has 4 heteroatoms. The zero-order valence-electron chi connectivity index (χ0n) is 13.2. The van der Waals surface area contributed by atoms with Crippen LogP contribution in [0.15, 0.2) is 24.3 Å². The summed E-state index contributed by atoms with van der Waals surface area (Å²) < 4.78 is 0. The van der Waals surface area contributed by atoms with Gasteiger partial charge in [-0.15, -0.1) is 0 Å². The summed E-state index contributed by atoms with van der Waals surface area (Å²) in [5.41, 5.74) is 7.57. The molecule has 0 saturated heterocycles. The van der Waals surface area contributed by atoms with E-state index in [2.05, 4.69) is 24.3 Å². The quantitative estimate of drug-likeness (QED) is 0.839. The molecule has 116 valence electrons. The minimum absolute atomic E-state index is 0.0161. The van der Waals surface area contributed by atoms with Crippen LogP contribution in [0.4, 0.5) is 0 Å². The fraction of sp³-hybridized carbons (Fsp3) is 0.588. The Morgan fingerprint density at radius 2 is 1.86 bits per heavy atom. The molecule has 0 spiro atoms. The van der Waals surface area contributed by atoms with Crippen molar-refractivity contribution in [2.75, 3.05) is 27.2 Å². The third kappa shape index (κ3) is 3.83. The van der Waals surface area contributed by atoms with Crippen LogP contribution >= 0.6 is 0 Å². The van der Waals surface area contributed by atoms with Crippen LogP contribution in [0.3, 0.4) is 0 Å². The van der Waals surface area contributed by atoms with E-state index in [-0.39, 0.29) is 11.4 Å². The molecule has 1 amide bonds. The van der Waals surface area contributed by atoms with Gasteiger partial charge in [0.1, 0.15) is 0 Å². The highest BCUT2D eigenvalue weighted by atomic mass is 16.1. The van der Waals surface area contributed by atoms with Gasteiger partial charge < -0.3 is 16.0 Å². The number of carbonyl (C=O) groups is 1. The van der Waals surface area contributed by atoms with Crippen molar-refractivity contribution in [3.05, 3.63) is 35.4 Å². The third-order valence-corrected chi connectivity index (χ3v) is 4.71. The molecular weight excluding hydrogens is 262 g/mol. The van der Waals surface area contributed by atoms with Crippen molar-refractivity contribution in [1.82, 2.24) is 10.2 Å². The molecule has 1 aliphatic carbocycles. The maximum absolute atomic E-state index is 12.3. The summed E-state index contributed by atoms with van der Waals surface area (Å²) in [6.07, 6.45) is 5.68. The molecule has 0 aromatic heterocycles. The van der Waals surface area contributed by atoms with Gasteiger partial charge in [0.05, 0.1) is 0 Å². The summed E-state index contributed by atoms with van der Waals surface area (Å²) in [6, 6.07) is 7.74. The molecule has 0 atom stereocenters. The Hall–Kier alpha value is -1.39. The molecule has 1 saturated carbocycles. The highest BCUT2D eigenvalue weighted by Crippen LogP contribution is 2.33. The average molecular weight is 289 g/mol. The average Bonchev–Trinajstić information content (AvgIpc) is 2.96. The molecule has 3 N–H and O–H groups in total. The number of nitrogens with one attached hydrogen (secondary N) is 1. The van der Waals surface area contributed by atoms with E-state index in [4.69, 9.17) is 5.73 Å². The maximum Gasteiger partial charge on any atom is 0.251 e. The Morgan fingerprint density at radius 1 is 1.24 bits per heavy atom. The van der Waals surface area contributed by atoms with E-state index in [0.29, 0.717) is 6.54 Å². The third-order valence-electron chi connectivity index (χ3n) is 4.71. The number of benzene rings is 1. The van der Waals surface area contributed by atoms with Crippen LogP contribution in [0.5, 0.6) is 0 Å². The van der Waals surface area contributed by atoms with Gasteiger partial charge in [0.2, 0.25) is 0 Å². The number of likely N-dealkylation sites (N-methyl/N-ethyl adjacent to an activating group) is 1. The summed E-state index contributed by atoms with van der Waals surface area (Å²) >= 11 is 0. The summed E-state index contributed by atoms with van der Waals surface area (Å²) in [4.78, 5) is 14.5. The summed E-state index contributed by atoms with van der Waals surface area (Å²) in [5.74, 6) is 0.0161. The fourth-order valence-electron chi connectivity index (χ4n) is 3.15. The smallest absolute Gasteiger partial charge is 0.251 e. The van der Waals surface area contributed by atoms with Gasteiger partial charge >= 0.3 is 0 Å². The first kappa shape index (κ1) is 16.0. The maximum atomic E-state index is 12.3. The van der Waals surface area contributed by atoms with Crippen molar-refractivity contribution in [1.29, 1.82) is 0 Å². The van der Waals surface area contributed by atoms with Gasteiger partial charge in [-0.1, -0.05) is 25.0 Å². The van der Waals surface area contributed by atoms with E-state index in [1.165, 1.54) is 18.4 Å². The van der Waals surface area contributed by atoms with Crippen molar-refractivity contribution < 1.29 is 4.79 Å². The van der Waals surface area contributed by atoms with Crippen molar-refractivity contribution >= 4 is 5.91 Å². The van der Waals surface area contributed by atoms with Crippen LogP contribution in [-0.2, 0) is 6.42 Å². The zero-order chi connectivity index (χ0) is 15.3. The Bertz CT molecular complexity index is 461. The molecule has 1 aliphatic rings. The molecule has 21 heavy (non-hydrogen) atoms. The topological polar surface area (TPSA) is 58.4 Å². The molecule has 0 aliphatic heterocycles. The SMILES string of the molecule is CN(C)C1(CNC(=O)c2ccc(CCN)cc2)CCCC1. The van der Waals surface area contributed by atoms with Crippen LogP contribution in [0, 0.1) is 0 Å². The second kappa shape index (κ2) is 7.05. The van der Waals surface area contributed by atoms with E-state index in [1.807, 2.05) is 24.3 Å². The number of amides is 1. The molecule has 1 fully saturated rings. The standard InChI is InChI=1S/C17H27N3O/c1-20(2)17(10-3-4-11-17)13-19-16(21)15-7-5-14(6-8-15)9-12-18/h5-8H,3-4,9-13,18H2,1-2H3,(H,19,21). The van der Waals surface area contributed by atoms with Crippen LogP contribution in [-0.4, -0.2) is 43.5 Å². The molecule has 1 aromatic rings. The summed E-state index contributed by atoms with van der Waals surface area (Å²) in [7, 11) is 4.22. The number of hydrogen-bond donors (Lipinski definition) is 2. The van der Waals surface area contributed by atoms with Gasteiger partial charge in [0.15, 0.2) is 0 Å². The normalized spacial score (nSPS) is 17.1. The predicted octanol–water partition coefficient (Wildman–Crippen LogP) is 1.79. The van der Waals surface area contributed by atoms with Crippen LogP contribution in [0.1, 0.15) is 41.6 Å². The van der Waals surface area contributed by atoms with Crippen molar-refractivity contribution in [3.63, 3.8) is 0 Å². The van der Waals surface area contributed by atoms with Gasteiger partial charge in [-0.3, -0.25) is 4.79 Å². The highest BCUT2D eigenvalue weighted by molar-refractivity contribution is 5.94. The van der Waals surface area contributed by atoms with Gasteiger partial charge in [0, 0.05) is 17.6 Å². The molecule has 0 unspecified atom stereocenters. The van der Waals surface area contributed by atoms with E-state index in [0.717, 1.165) is 31.4 Å². The molecule has 2 rings (SSSR count). The van der Waals surface area contributed by atoms with Crippen molar-refractivity contribution in [3.8, 4) is 0 Å². The zero-order valence-corrected chi connectivity index (χ0v) is 13.2. The lowest BCUT2D eigenvalue weighted by Crippen LogP contribution is -2.50. The largest absolute Gasteiger partial charge is 0.350 e. The number of nitrogens with zero attached hydrogens (tertiary/aromatic N) is 1. The predicted molar refractivity (Wildman–Crippen MR) is 86.4 cm³/mol. The number of hydrogen-bond acceptors (Lipinski definition) is 3. The minimum Gasteiger partial charge on any atom is -0.350 e. The van der Waals surface area contributed by atoms with Crippen molar-refractivity contribution in [2.24, 2.45) is 5.73 Å². The lowest BCUT2D eigenvalue weighted by atomic mass is 9.96. The minimum atomic E-state index is 0.0161. The highest BCUT2D eigenvalue weighted by Gasteiger charge is 2.36. The number of carbonyl (C=O) groups excluding carboxylic acids is 1. The second-order valence-electron chi connectivity index (χ2n) is 6.24. The fourth-order valence-corrected chi connectivity index (χ4v) is 3.15. The Kier molecular flexibility index (Phi) is 5.37. The Morgan fingerprint density at radius 3 is 2.38 bits per heavy atom. The van der Waals surface area contributed by atoms with Crippen LogP contribution in [0.2, 0.25) is 0 Å². The lowest BCUT2D eigenvalue weighted by Gasteiger charge is -2.36. The molecule has 1 aromatic carbocycles. The Labute approximate surface area is 127 Å². The molecule has 0 radical (unpaired) electrons. The van der Waals surface area contributed by atoms with E-state index >= 15 is 0 Å². The van der Waals surface area contributed by atoms with Gasteiger partial charge in [-0.05, 0) is 57.6 Å². The molecule has 0 heterocycles. The summed E-state index contributed by atoms with van der Waals surface area (Å²) in [6.45, 7) is 1.36. The van der Waals surface area contributed by atoms with Gasteiger partial charge in [-0.2, -0.15) is 0 Å². The number of rotatable bonds is 6. The van der Waals surface area contributed by atoms with E-state index in [1.54, 1.807) is 0 Å². The molecular formula is C17H27N3O. The first-order valence-corrected chi connectivity index (χ1v) is 7.82. The van der Waals surface area contributed by atoms with E-state index < -0.39 is 0 Å². The first-order valence-electron chi connectivity index (χ1n) is 7.82. The monoisotopic (exact) mass is 289 g/mol. The Balaban J connectivity index is 1.94. The van der Waals surface area contributed by atoms with Crippen LogP contribution < -0.4 is 11.1 Å². The van der Waals surface area contributed by atoms with Gasteiger partial charge in [-0.25, -0.2) is 0 Å². The summed E-state index contributed by atoms with van der Waals surface area (Å²) in [5, 5.41) is 3.11. The lowest BCUT2D eigenvalue weighted by molar-refractivity contribution is 0.0900. The van der Waals surface area contributed by atoms with Crippen molar-refractivity contribution in [2.45, 2.75) is 37.6 Å². The van der Waals surface area contributed by atoms with E-state index in [9.17, 15) is 4.79 Å². The van der Waals surface area contributed by atoms with Crippen LogP contribution in [0.25, 0.3) is 0 Å². The molecule has 0 bridgehead atoms. The molecule has 4 nitrogen and oxygen atoms in total. The second-order valence-corrected chi connectivity index (χ2v) is 6.24. The first-order chi connectivity index (χ1) is 10.1. The van der Waals surface area contributed by atoms with Gasteiger partial charge in [0.25, 0.3) is 5.91 Å².